The molecular formula is C38H34N2O6. The summed E-state index contributed by atoms with van der Waals surface area (Å²) in [7, 11) is 6.33. The van der Waals surface area contributed by atoms with Gasteiger partial charge in [0.1, 0.15) is 34.3 Å². The molecule has 4 aliphatic heterocycles. The van der Waals surface area contributed by atoms with Gasteiger partial charge in [0.25, 0.3) is 0 Å². The predicted octanol–water partition coefficient (Wildman–Crippen LogP) is 4.19. The lowest BCUT2D eigenvalue weighted by Gasteiger charge is -2.29. The van der Waals surface area contributed by atoms with E-state index in [0.717, 1.165) is 0 Å². The van der Waals surface area contributed by atoms with Crippen LogP contribution in [-0.2, 0) is 18.9 Å². The molecule has 8 rings (SSSR count). The summed E-state index contributed by atoms with van der Waals surface area (Å²) in [6.07, 6.45) is 14.4. The van der Waals surface area contributed by atoms with Crippen LogP contribution in [0.1, 0.15) is 36.6 Å². The smallest absolute Gasteiger partial charge is 0.166 e. The molecule has 0 N–H and O–H groups in total. The molecular weight excluding hydrogens is 580 g/mol. The van der Waals surface area contributed by atoms with E-state index in [0.29, 0.717) is 47.5 Å². The molecule has 46 heavy (non-hydrogen) atoms. The third kappa shape index (κ3) is 7.09. The molecule has 0 saturated carbocycles. The van der Waals surface area contributed by atoms with Crippen LogP contribution >= 0.6 is 0 Å². The van der Waals surface area contributed by atoms with Gasteiger partial charge in [-0.25, -0.2) is 9.97 Å². The summed E-state index contributed by atoms with van der Waals surface area (Å²) in [4.78, 5) is 9.34. The third-order valence-corrected chi connectivity index (χ3v) is 7.43. The number of aromatic nitrogens is 2. The van der Waals surface area contributed by atoms with E-state index in [1.54, 1.807) is 101 Å². The molecule has 0 unspecified atom stereocenters. The number of rotatable bonds is 8. The molecule has 2 aromatic heterocycles. The average molecular weight is 615 g/mol. The minimum absolute atomic E-state index is 0.463. The van der Waals surface area contributed by atoms with Crippen molar-refractivity contribution in [3.63, 3.8) is 0 Å². The Morgan fingerprint density at radius 3 is 0.891 bits per heavy atom. The van der Waals surface area contributed by atoms with Crippen LogP contribution in [0.3, 0.4) is 0 Å². The zero-order chi connectivity index (χ0) is 32.7. The van der Waals surface area contributed by atoms with Crippen molar-refractivity contribution in [2.75, 3.05) is 41.7 Å². The lowest BCUT2D eigenvalue weighted by Crippen LogP contribution is -2.34. The largest absolute Gasteiger partial charge is 0.494 e. The third-order valence-electron chi connectivity index (χ3n) is 7.43. The van der Waals surface area contributed by atoms with Crippen molar-refractivity contribution in [1.82, 2.24) is 9.97 Å². The van der Waals surface area contributed by atoms with E-state index in [-0.39, 0.29) is 0 Å². The van der Waals surface area contributed by atoms with E-state index in [1.165, 1.54) is 0 Å². The minimum atomic E-state index is -1.04. The zero-order valence-corrected chi connectivity index (χ0v) is 26.7. The molecule has 0 spiro atoms. The van der Waals surface area contributed by atoms with E-state index in [4.69, 9.17) is 28.4 Å². The van der Waals surface area contributed by atoms with Crippen LogP contribution in [0.2, 0.25) is 0 Å². The second-order valence-corrected chi connectivity index (χ2v) is 10.3. The van der Waals surface area contributed by atoms with Crippen LogP contribution in [0.15, 0.2) is 72.9 Å². The lowest BCUT2D eigenvalue weighted by atomic mass is 9.89. The van der Waals surface area contributed by atoms with Crippen LogP contribution in [0.5, 0.6) is 11.5 Å². The van der Waals surface area contributed by atoms with E-state index >= 15 is 0 Å². The van der Waals surface area contributed by atoms with Gasteiger partial charge in [-0.3, -0.25) is 0 Å². The number of pyridine rings is 2. The molecule has 6 heterocycles. The second kappa shape index (κ2) is 13.5. The van der Waals surface area contributed by atoms with Gasteiger partial charge in [0.15, 0.2) is 22.4 Å². The number of nitrogens with zero attached hydrogens (tertiary/aromatic N) is 2. The zero-order valence-electron chi connectivity index (χ0n) is 26.7. The summed E-state index contributed by atoms with van der Waals surface area (Å²) in [5, 5.41) is 0. The minimum Gasteiger partial charge on any atom is -0.494 e. The fourth-order valence-corrected chi connectivity index (χ4v) is 4.71. The number of hydrogen-bond acceptors (Lipinski definition) is 8. The molecule has 0 radical (unpaired) electrons. The van der Waals surface area contributed by atoms with Gasteiger partial charge < -0.3 is 28.4 Å². The topological polar surface area (TPSA) is 81.2 Å². The molecule has 0 atom stereocenters. The van der Waals surface area contributed by atoms with Gasteiger partial charge >= 0.3 is 0 Å². The van der Waals surface area contributed by atoms with Gasteiger partial charge in [-0.05, 0) is 86.1 Å². The Kier molecular flexibility index (Phi) is 9.50. The van der Waals surface area contributed by atoms with Crippen LogP contribution in [0.25, 0.3) is 0 Å². The highest BCUT2D eigenvalue weighted by Crippen LogP contribution is 2.29. The second-order valence-electron chi connectivity index (χ2n) is 10.3. The van der Waals surface area contributed by atoms with E-state index < -0.39 is 22.4 Å². The summed E-state index contributed by atoms with van der Waals surface area (Å²) in [6, 6.07) is 7.06. The Balaban J connectivity index is 1.70. The van der Waals surface area contributed by atoms with Gasteiger partial charge in [-0.2, -0.15) is 0 Å². The van der Waals surface area contributed by atoms with E-state index in [9.17, 15) is 0 Å². The maximum Gasteiger partial charge on any atom is 0.166 e. The molecule has 8 heteroatoms. The first kappa shape index (κ1) is 32.3. The molecule has 2 aliphatic carbocycles. The maximum absolute atomic E-state index is 5.83. The molecule has 8 nitrogen and oxygen atoms in total. The molecule has 232 valence electrons. The summed E-state index contributed by atoms with van der Waals surface area (Å²) in [5.74, 6) is 26.5. The van der Waals surface area contributed by atoms with Crippen molar-refractivity contribution >= 4 is 0 Å². The van der Waals surface area contributed by atoms with Gasteiger partial charge in [-0.15, -0.1) is 0 Å². The summed E-state index contributed by atoms with van der Waals surface area (Å²) >= 11 is 0. The Morgan fingerprint density at radius 2 is 0.696 bits per heavy atom. The normalized spacial score (nSPS) is 26.6. The Bertz CT molecular complexity index is 1590. The van der Waals surface area contributed by atoms with Crippen molar-refractivity contribution < 1.29 is 28.4 Å². The molecule has 6 aliphatic rings. The first-order valence-corrected chi connectivity index (χ1v) is 14.7. The van der Waals surface area contributed by atoms with Crippen molar-refractivity contribution in [3.05, 3.63) is 95.6 Å². The summed E-state index contributed by atoms with van der Waals surface area (Å²) in [6.45, 7) is 4.76. The van der Waals surface area contributed by atoms with Gasteiger partial charge in [0, 0.05) is 52.7 Å². The van der Waals surface area contributed by atoms with Crippen LogP contribution < -0.4 is 9.47 Å². The Labute approximate surface area is 270 Å². The van der Waals surface area contributed by atoms with E-state index in [1.807, 2.05) is 13.8 Å². The lowest BCUT2D eigenvalue weighted by molar-refractivity contribution is 0.0953. The molecule has 2 aromatic rings. The van der Waals surface area contributed by atoms with Crippen LogP contribution in [-0.4, -0.2) is 74.0 Å². The van der Waals surface area contributed by atoms with Gasteiger partial charge in [0.05, 0.1) is 13.2 Å². The maximum atomic E-state index is 5.83. The van der Waals surface area contributed by atoms with E-state index in [2.05, 4.69) is 57.3 Å². The summed E-state index contributed by atoms with van der Waals surface area (Å²) < 4.78 is 34.9. The number of methoxy groups -OCH3 is 4. The van der Waals surface area contributed by atoms with Crippen molar-refractivity contribution in [2.24, 2.45) is 0 Å². The van der Waals surface area contributed by atoms with Crippen molar-refractivity contribution in [2.45, 2.75) is 36.3 Å². The van der Waals surface area contributed by atoms with Gasteiger partial charge in [-0.1, -0.05) is 23.7 Å². The fourth-order valence-electron chi connectivity index (χ4n) is 4.71. The van der Waals surface area contributed by atoms with Crippen LogP contribution in [0, 0.1) is 47.4 Å². The molecule has 0 saturated heterocycles. The van der Waals surface area contributed by atoms with Crippen LogP contribution in [0.4, 0.5) is 0 Å². The van der Waals surface area contributed by atoms with Gasteiger partial charge in [0.2, 0.25) is 0 Å². The average Bonchev–Trinajstić information content (AvgIpc) is 3.09. The predicted molar refractivity (Wildman–Crippen MR) is 174 cm³/mol. The number of hydrogen-bond donors (Lipinski definition) is 0. The van der Waals surface area contributed by atoms with Crippen molar-refractivity contribution in [3.8, 4) is 58.9 Å². The van der Waals surface area contributed by atoms with Crippen molar-refractivity contribution in [1.29, 1.82) is 0 Å². The highest BCUT2D eigenvalue weighted by molar-refractivity contribution is 5.52. The number of ether oxygens (including phenoxy) is 6. The Hall–Kier alpha value is -5.06. The highest BCUT2D eigenvalue weighted by atomic mass is 16.5. The SMILES string of the molecule is CCOc1cc2nc(c1)C#CC1(OC)C=CC(OC)(C#Cc3cc(OCC)cc(n3)C#CC3(OC)C=CC(OC)(C#C2)C=C3)C=C1. The Morgan fingerprint density at radius 1 is 0.457 bits per heavy atom. The fraction of sp³-hybridized carbons (Fsp3) is 0.316. The highest BCUT2D eigenvalue weighted by Gasteiger charge is 2.33. The first-order chi connectivity index (χ1) is 22.2. The quantitative estimate of drug-likeness (QED) is 0.324. The molecule has 8 bridgehead atoms. The molecule has 0 fully saturated rings. The summed E-state index contributed by atoms with van der Waals surface area (Å²) in [5.41, 5.74) is -2.33. The molecule has 0 aromatic carbocycles. The monoisotopic (exact) mass is 614 g/mol. The molecule has 0 amide bonds. The standard InChI is InChI=1S/C38H34N2O6/c1-7-45-33-25-29-9-13-35(41-3)17-21-37(43-5,22-18-35)15-11-31-27-34(46-8-2)28-32(40-31)12-16-38(44-6)23-19-36(42-4,20-24-38)14-10-30(26-33)39-29/h17-28H,7-8H2,1-6H3. The first-order valence-electron chi connectivity index (χ1n) is 14.7.